The lowest BCUT2D eigenvalue weighted by Gasteiger charge is -2.39. The molecule has 1 aliphatic carbocycles. The molecule has 0 saturated heterocycles. The van der Waals surface area contributed by atoms with Crippen molar-refractivity contribution in [3.05, 3.63) is 23.5 Å². The molecule has 4 unspecified atom stereocenters. The molecule has 2 rings (SSSR count). The van der Waals surface area contributed by atoms with Crippen LogP contribution in [0, 0.1) is 17.8 Å². The number of fused-ring (bicyclic) bond motifs is 1. The van der Waals surface area contributed by atoms with E-state index in [1.807, 2.05) is 27.7 Å². The Labute approximate surface area is 170 Å². The molecule has 4 atom stereocenters. The maximum atomic E-state index is 12.2. The maximum absolute atomic E-state index is 12.2. The molecule has 0 radical (unpaired) electrons. The van der Waals surface area contributed by atoms with Crippen LogP contribution in [0.4, 0.5) is 0 Å². The maximum Gasteiger partial charge on any atom is 0.309 e. The molecule has 7 nitrogen and oxygen atoms in total. The van der Waals surface area contributed by atoms with Gasteiger partial charge < -0.3 is 24.4 Å². The molecule has 0 aromatic rings. The minimum Gasteiger partial charge on any atom is -0.461 e. The van der Waals surface area contributed by atoms with Crippen molar-refractivity contribution in [2.45, 2.75) is 58.5 Å². The summed E-state index contributed by atoms with van der Waals surface area (Å²) in [6.07, 6.45) is 1.05. The van der Waals surface area contributed by atoms with Gasteiger partial charge in [-0.1, -0.05) is 27.7 Å². The second kappa shape index (κ2) is 9.29. The molecule has 0 fully saturated rings. The van der Waals surface area contributed by atoms with E-state index >= 15 is 0 Å². The first-order valence-electron chi connectivity index (χ1n) is 9.47. The van der Waals surface area contributed by atoms with Gasteiger partial charge in [-0.3, -0.25) is 9.59 Å². The van der Waals surface area contributed by atoms with Gasteiger partial charge in [-0.05, 0) is 23.5 Å². The molecule has 1 heterocycles. The fourth-order valence-electron chi connectivity index (χ4n) is 3.40. The molecule has 0 aromatic carbocycles. The highest BCUT2D eigenvalue weighted by atomic mass is 35.5. The van der Waals surface area contributed by atoms with Gasteiger partial charge in [0.1, 0.15) is 5.60 Å². The lowest BCUT2D eigenvalue weighted by molar-refractivity contribution is -0.203. The van der Waals surface area contributed by atoms with Crippen LogP contribution in [0.1, 0.15) is 40.5 Å². The topological polar surface area (TPSA) is 102 Å². The number of hydrogen-bond acceptors (Lipinski definition) is 7. The first-order chi connectivity index (χ1) is 13.1. The number of alkyl halides is 1. The van der Waals surface area contributed by atoms with E-state index in [-0.39, 0.29) is 37.2 Å². The molecule has 0 aromatic heterocycles. The summed E-state index contributed by atoms with van der Waals surface area (Å²) in [7, 11) is 0. The van der Waals surface area contributed by atoms with Crippen LogP contribution in [0.5, 0.6) is 0 Å². The van der Waals surface area contributed by atoms with Gasteiger partial charge in [0.05, 0.1) is 24.7 Å². The summed E-state index contributed by atoms with van der Waals surface area (Å²) in [4.78, 5) is 24.3. The predicted molar refractivity (Wildman–Crippen MR) is 102 cm³/mol. The quantitative estimate of drug-likeness (QED) is 0.462. The molecule has 28 heavy (non-hydrogen) atoms. The zero-order valence-electron chi connectivity index (χ0n) is 16.7. The zero-order chi connectivity index (χ0) is 21.1. The van der Waals surface area contributed by atoms with E-state index in [0.717, 1.165) is 0 Å². The van der Waals surface area contributed by atoms with Crippen LogP contribution in [0.2, 0.25) is 0 Å². The molecular weight excluding hydrogens is 388 g/mol. The number of carbonyl (C=O) groups is 2. The Morgan fingerprint density at radius 2 is 1.75 bits per heavy atom. The van der Waals surface area contributed by atoms with Crippen molar-refractivity contribution in [1.82, 2.24) is 0 Å². The number of carbonyl (C=O) groups excluding carboxylic acids is 2. The molecule has 0 saturated carbocycles. The van der Waals surface area contributed by atoms with Crippen LogP contribution < -0.4 is 0 Å². The van der Waals surface area contributed by atoms with Crippen LogP contribution in [0.25, 0.3) is 0 Å². The lowest BCUT2D eigenvalue weighted by atomic mass is 9.82. The van der Waals surface area contributed by atoms with Crippen molar-refractivity contribution in [3.63, 3.8) is 0 Å². The number of aliphatic hydroxyl groups excluding tert-OH is 1. The minimum atomic E-state index is -1.74. The van der Waals surface area contributed by atoms with E-state index < -0.39 is 35.9 Å². The number of rotatable bonds is 8. The highest BCUT2D eigenvalue weighted by Crippen LogP contribution is 2.47. The van der Waals surface area contributed by atoms with Gasteiger partial charge in [0.25, 0.3) is 6.29 Å². The first-order valence-corrected chi connectivity index (χ1v) is 10.0. The van der Waals surface area contributed by atoms with Gasteiger partial charge >= 0.3 is 11.9 Å². The Hall–Kier alpha value is -1.57. The van der Waals surface area contributed by atoms with Gasteiger partial charge in [-0.15, -0.1) is 11.6 Å². The Bertz CT molecular complexity index is 655. The molecule has 158 valence electrons. The fraction of sp³-hybridized carbons (Fsp3) is 0.700. The minimum absolute atomic E-state index is 0.0916. The third-order valence-electron chi connectivity index (χ3n) is 4.72. The van der Waals surface area contributed by atoms with Crippen molar-refractivity contribution in [2.75, 3.05) is 12.5 Å². The van der Waals surface area contributed by atoms with Gasteiger partial charge in [0.15, 0.2) is 6.10 Å². The smallest absolute Gasteiger partial charge is 0.309 e. The largest absolute Gasteiger partial charge is 0.461 e. The van der Waals surface area contributed by atoms with E-state index in [2.05, 4.69) is 0 Å². The average molecular weight is 417 g/mol. The van der Waals surface area contributed by atoms with Crippen molar-refractivity contribution in [2.24, 2.45) is 17.8 Å². The van der Waals surface area contributed by atoms with Crippen molar-refractivity contribution >= 4 is 23.5 Å². The Morgan fingerprint density at radius 3 is 2.25 bits per heavy atom. The van der Waals surface area contributed by atoms with E-state index in [4.69, 9.17) is 25.8 Å². The Kier molecular flexibility index (Phi) is 7.53. The fourth-order valence-corrected chi connectivity index (χ4v) is 3.71. The zero-order valence-corrected chi connectivity index (χ0v) is 17.4. The van der Waals surface area contributed by atoms with E-state index in [0.29, 0.717) is 11.1 Å². The second-order valence-electron chi connectivity index (χ2n) is 8.13. The number of halogens is 1. The summed E-state index contributed by atoms with van der Waals surface area (Å²) in [5.74, 6) is -1.92. The number of esters is 2. The molecule has 2 aliphatic rings. The Morgan fingerprint density at radius 1 is 1.18 bits per heavy atom. The average Bonchev–Trinajstić information content (AvgIpc) is 2.87. The van der Waals surface area contributed by atoms with Gasteiger partial charge in [-0.2, -0.15) is 0 Å². The van der Waals surface area contributed by atoms with Gasteiger partial charge in [0.2, 0.25) is 0 Å². The highest BCUT2D eigenvalue weighted by molar-refractivity contribution is 6.18. The van der Waals surface area contributed by atoms with Gasteiger partial charge in [0, 0.05) is 18.4 Å². The molecule has 0 bridgehead atoms. The third-order valence-corrected chi connectivity index (χ3v) is 5.15. The lowest BCUT2D eigenvalue weighted by Crippen LogP contribution is -2.54. The molecule has 2 N–H and O–H groups in total. The first kappa shape index (κ1) is 22.7. The molecule has 0 amide bonds. The molecule has 1 aliphatic heterocycles. The summed E-state index contributed by atoms with van der Waals surface area (Å²) >= 11 is 6.08. The Balaban J connectivity index is 2.30. The molecular formula is C20H29ClO7. The van der Waals surface area contributed by atoms with Crippen LogP contribution in [-0.4, -0.2) is 52.6 Å². The summed E-state index contributed by atoms with van der Waals surface area (Å²) in [6.45, 7) is 7.18. The van der Waals surface area contributed by atoms with Crippen LogP contribution in [0.15, 0.2) is 23.5 Å². The van der Waals surface area contributed by atoms with Crippen molar-refractivity contribution in [1.29, 1.82) is 0 Å². The van der Waals surface area contributed by atoms with Crippen LogP contribution in [0.3, 0.4) is 0 Å². The normalized spacial score (nSPS) is 29.1. The van der Waals surface area contributed by atoms with Crippen molar-refractivity contribution in [3.8, 4) is 0 Å². The number of aliphatic hydroxyl groups is 2. The standard InChI is InChI=1S/C20H29ClO7/c1-11(2)5-16(23)27-15-7-14-13(8-22)9-26-19(18(14)20(15,25)10-21)28-17(24)6-12(3)4/h7,9,11-12,15,18-19,22,25H,5-6,8,10H2,1-4H3. The van der Waals surface area contributed by atoms with Crippen LogP contribution in [-0.2, 0) is 23.8 Å². The van der Waals surface area contributed by atoms with Crippen molar-refractivity contribution < 1.29 is 34.0 Å². The number of hydrogen-bond donors (Lipinski definition) is 2. The summed E-state index contributed by atoms with van der Waals surface area (Å²) in [5, 5.41) is 20.9. The van der Waals surface area contributed by atoms with E-state index in [9.17, 15) is 19.8 Å². The SMILES string of the molecule is CC(C)CC(=O)OC1OC=C(CO)C2=CC(OC(=O)CC(C)C)C(O)(CCl)C21. The van der Waals surface area contributed by atoms with E-state index in [1.165, 1.54) is 6.26 Å². The predicted octanol–water partition coefficient (Wildman–Crippen LogP) is 2.29. The van der Waals surface area contributed by atoms with Gasteiger partial charge in [-0.25, -0.2) is 0 Å². The number of ether oxygens (including phenoxy) is 3. The summed E-state index contributed by atoms with van der Waals surface area (Å²) < 4.78 is 16.4. The molecule has 0 spiro atoms. The highest BCUT2D eigenvalue weighted by Gasteiger charge is 2.58. The van der Waals surface area contributed by atoms with E-state index in [1.54, 1.807) is 6.08 Å². The summed E-state index contributed by atoms with van der Waals surface area (Å²) in [5.41, 5.74) is -0.824. The summed E-state index contributed by atoms with van der Waals surface area (Å²) in [6, 6.07) is 0. The van der Waals surface area contributed by atoms with Crippen LogP contribution >= 0.6 is 11.6 Å². The monoisotopic (exact) mass is 416 g/mol. The third kappa shape index (κ3) is 4.88. The molecule has 8 heteroatoms. The second-order valence-corrected chi connectivity index (χ2v) is 8.39.